The van der Waals surface area contributed by atoms with Crippen LogP contribution in [0.1, 0.15) is 12.0 Å². The first-order chi connectivity index (χ1) is 16.5. The van der Waals surface area contributed by atoms with Crippen molar-refractivity contribution >= 4 is 40.7 Å². The van der Waals surface area contributed by atoms with Gasteiger partial charge in [0.25, 0.3) is 5.91 Å². The Kier molecular flexibility index (Phi) is 7.44. The molecule has 0 saturated carbocycles. The standard InChI is InChI=1S/C26H24ClN3O4/c27-22-8-4-5-9-23(22)29-24(31)17-34-21-12-10-20(11-13-21)30-16-19(14-25(30)32)26(33)28-15-18-6-2-1-3-7-18/h1-13,19H,14-17H2,(H,28,33)(H,29,31)/t19-/m0/s1. The number of amides is 3. The molecule has 0 aliphatic carbocycles. The molecule has 2 N–H and O–H groups in total. The molecule has 1 aliphatic heterocycles. The van der Waals surface area contributed by atoms with Crippen molar-refractivity contribution < 1.29 is 19.1 Å². The Bertz CT molecular complexity index is 1170. The predicted molar refractivity (Wildman–Crippen MR) is 131 cm³/mol. The SMILES string of the molecule is O=C(COc1ccc(N2C[C@@H](C(=O)NCc3ccccc3)CC2=O)cc1)Nc1ccccc1Cl. The van der Waals surface area contributed by atoms with Gasteiger partial charge in [0, 0.05) is 25.2 Å². The number of para-hydroxylation sites is 1. The summed E-state index contributed by atoms with van der Waals surface area (Å²) in [6.45, 7) is 0.567. The third-order valence-corrected chi connectivity index (χ3v) is 5.80. The third kappa shape index (κ3) is 5.94. The van der Waals surface area contributed by atoms with E-state index in [0.717, 1.165) is 5.56 Å². The lowest BCUT2D eigenvalue weighted by Gasteiger charge is -2.17. The van der Waals surface area contributed by atoms with Crippen molar-refractivity contribution in [3.8, 4) is 5.75 Å². The lowest BCUT2D eigenvalue weighted by molar-refractivity contribution is -0.126. The summed E-state index contributed by atoms with van der Waals surface area (Å²) in [4.78, 5) is 38.8. The molecule has 3 aromatic carbocycles. The van der Waals surface area contributed by atoms with Gasteiger partial charge in [-0.05, 0) is 42.0 Å². The fourth-order valence-corrected chi connectivity index (χ4v) is 3.87. The fraction of sp³-hybridized carbons (Fsp3) is 0.192. The smallest absolute Gasteiger partial charge is 0.262 e. The van der Waals surface area contributed by atoms with Crippen molar-refractivity contribution in [3.05, 3.63) is 89.4 Å². The molecule has 1 fully saturated rings. The normalized spacial score (nSPS) is 15.1. The molecule has 7 nitrogen and oxygen atoms in total. The van der Waals surface area contributed by atoms with E-state index in [2.05, 4.69) is 10.6 Å². The molecular formula is C26H24ClN3O4. The number of rotatable bonds is 8. The second-order valence-electron chi connectivity index (χ2n) is 7.92. The maximum Gasteiger partial charge on any atom is 0.262 e. The number of nitrogens with one attached hydrogen (secondary N) is 2. The summed E-state index contributed by atoms with van der Waals surface area (Å²) < 4.78 is 5.54. The van der Waals surface area contributed by atoms with E-state index >= 15 is 0 Å². The van der Waals surface area contributed by atoms with Crippen molar-refractivity contribution in [1.82, 2.24) is 5.32 Å². The number of ether oxygens (including phenoxy) is 1. The van der Waals surface area contributed by atoms with E-state index in [1.165, 1.54) is 0 Å². The van der Waals surface area contributed by atoms with E-state index in [0.29, 0.717) is 35.2 Å². The zero-order valence-electron chi connectivity index (χ0n) is 18.4. The quantitative estimate of drug-likeness (QED) is 0.513. The second-order valence-corrected chi connectivity index (χ2v) is 8.33. The highest BCUT2D eigenvalue weighted by molar-refractivity contribution is 6.33. The van der Waals surface area contributed by atoms with Crippen LogP contribution in [-0.2, 0) is 20.9 Å². The number of anilines is 2. The minimum atomic E-state index is -0.402. The van der Waals surface area contributed by atoms with E-state index in [9.17, 15) is 14.4 Å². The molecule has 0 bridgehead atoms. The fourth-order valence-electron chi connectivity index (χ4n) is 3.68. The molecule has 4 rings (SSSR count). The Morgan fingerprint density at radius 1 is 0.971 bits per heavy atom. The lowest BCUT2D eigenvalue weighted by Crippen LogP contribution is -2.32. The predicted octanol–water partition coefficient (Wildman–Crippen LogP) is 4.03. The lowest BCUT2D eigenvalue weighted by atomic mass is 10.1. The Hall–Kier alpha value is -3.84. The summed E-state index contributed by atoms with van der Waals surface area (Å²) in [5.74, 6) is -0.490. The number of hydrogen-bond acceptors (Lipinski definition) is 4. The van der Waals surface area contributed by atoms with Crippen LogP contribution in [-0.4, -0.2) is 30.9 Å². The van der Waals surface area contributed by atoms with Crippen LogP contribution in [0.15, 0.2) is 78.9 Å². The molecule has 174 valence electrons. The van der Waals surface area contributed by atoms with Crippen molar-refractivity contribution in [1.29, 1.82) is 0 Å². The molecule has 3 aromatic rings. The monoisotopic (exact) mass is 477 g/mol. The van der Waals surface area contributed by atoms with Crippen molar-refractivity contribution in [3.63, 3.8) is 0 Å². The first kappa shape index (κ1) is 23.3. The second kappa shape index (κ2) is 10.9. The summed E-state index contributed by atoms with van der Waals surface area (Å²) in [5, 5.41) is 6.05. The molecule has 3 amide bonds. The van der Waals surface area contributed by atoms with Gasteiger partial charge in [-0.25, -0.2) is 0 Å². The number of hydrogen-bond donors (Lipinski definition) is 2. The first-order valence-corrected chi connectivity index (χ1v) is 11.3. The van der Waals surface area contributed by atoms with Crippen molar-refractivity contribution in [2.45, 2.75) is 13.0 Å². The number of carbonyl (C=O) groups is 3. The van der Waals surface area contributed by atoms with Gasteiger partial charge in [0.15, 0.2) is 6.61 Å². The summed E-state index contributed by atoms with van der Waals surface area (Å²) in [6.07, 6.45) is 0.168. The van der Waals surface area contributed by atoms with Gasteiger partial charge in [-0.3, -0.25) is 14.4 Å². The third-order valence-electron chi connectivity index (χ3n) is 5.47. The molecule has 0 unspecified atom stereocenters. The minimum Gasteiger partial charge on any atom is -0.484 e. The highest BCUT2D eigenvalue weighted by atomic mass is 35.5. The maximum absolute atomic E-state index is 12.5. The number of carbonyl (C=O) groups excluding carboxylic acids is 3. The van der Waals surface area contributed by atoms with Gasteiger partial charge in [-0.2, -0.15) is 0 Å². The van der Waals surface area contributed by atoms with Crippen LogP contribution in [0.4, 0.5) is 11.4 Å². The zero-order valence-corrected chi connectivity index (χ0v) is 19.1. The first-order valence-electron chi connectivity index (χ1n) is 10.9. The number of halogens is 1. The van der Waals surface area contributed by atoms with Gasteiger partial charge in [-0.15, -0.1) is 0 Å². The molecule has 1 aliphatic rings. The van der Waals surface area contributed by atoms with Crippen LogP contribution in [0.5, 0.6) is 5.75 Å². The summed E-state index contributed by atoms with van der Waals surface area (Å²) >= 11 is 6.04. The molecule has 8 heteroatoms. The van der Waals surface area contributed by atoms with E-state index in [1.54, 1.807) is 53.4 Å². The number of benzene rings is 3. The van der Waals surface area contributed by atoms with Gasteiger partial charge in [0.05, 0.1) is 16.6 Å². The van der Waals surface area contributed by atoms with Crippen molar-refractivity contribution in [2.75, 3.05) is 23.4 Å². The van der Waals surface area contributed by atoms with Gasteiger partial charge >= 0.3 is 0 Å². The average Bonchev–Trinajstić information content (AvgIpc) is 3.25. The Morgan fingerprint density at radius 3 is 2.41 bits per heavy atom. The molecule has 0 aromatic heterocycles. The van der Waals surface area contributed by atoms with E-state index in [1.807, 2.05) is 30.3 Å². The largest absolute Gasteiger partial charge is 0.484 e. The van der Waals surface area contributed by atoms with Crippen LogP contribution >= 0.6 is 11.6 Å². The van der Waals surface area contributed by atoms with E-state index in [4.69, 9.17) is 16.3 Å². The highest BCUT2D eigenvalue weighted by Gasteiger charge is 2.35. The Morgan fingerprint density at radius 2 is 1.68 bits per heavy atom. The van der Waals surface area contributed by atoms with Crippen LogP contribution in [0.25, 0.3) is 0 Å². The van der Waals surface area contributed by atoms with Crippen LogP contribution < -0.4 is 20.3 Å². The van der Waals surface area contributed by atoms with Gasteiger partial charge < -0.3 is 20.3 Å². The molecule has 1 heterocycles. The van der Waals surface area contributed by atoms with Gasteiger partial charge in [-0.1, -0.05) is 54.1 Å². The molecule has 1 atom stereocenters. The number of nitrogens with zero attached hydrogens (tertiary/aromatic N) is 1. The van der Waals surface area contributed by atoms with Crippen LogP contribution in [0.2, 0.25) is 5.02 Å². The summed E-state index contributed by atoms with van der Waals surface area (Å²) in [7, 11) is 0. The van der Waals surface area contributed by atoms with Crippen LogP contribution in [0, 0.1) is 5.92 Å². The van der Waals surface area contributed by atoms with Gasteiger partial charge in [0.2, 0.25) is 11.8 Å². The van der Waals surface area contributed by atoms with Crippen LogP contribution in [0.3, 0.4) is 0 Å². The topological polar surface area (TPSA) is 87.7 Å². The Labute approximate surface area is 202 Å². The van der Waals surface area contributed by atoms with E-state index in [-0.39, 0.29) is 30.7 Å². The van der Waals surface area contributed by atoms with Crippen molar-refractivity contribution in [2.24, 2.45) is 5.92 Å². The molecule has 0 spiro atoms. The molecule has 34 heavy (non-hydrogen) atoms. The summed E-state index contributed by atoms with van der Waals surface area (Å²) in [5.41, 5.74) is 2.20. The highest BCUT2D eigenvalue weighted by Crippen LogP contribution is 2.27. The average molecular weight is 478 g/mol. The molecule has 0 radical (unpaired) electrons. The minimum absolute atomic E-state index is 0.104. The Balaban J connectivity index is 1.27. The molecule has 1 saturated heterocycles. The van der Waals surface area contributed by atoms with E-state index < -0.39 is 5.92 Å². The molecular weight excluding hydrogens is 454 g/mol. The zero-order chi connectivity index (χ0) is 23.9. The van der Waals surface area contributed by atoms with Gasteiger partial charge in [0.1, 0.15) is 5.75 Å². The summed E-state index contributed by atoms with van der Waals surface area (Å²) in [6, 6.07) is 23.4. The maximum atomic E-state index is 12.5.